The number of hydrogen-bond acceptors (Lipinski definition) is 8. The van der Waals surface area contributed by atoms with E-state index < -0.39 is 24.0 Å². The maximum absolute atomic E-state index is 12.7. The van der Waals surface area contributed by atoms with Crippen molar-refractivity contribution in [2.75, 3.05) is 18.5 Å². The molecule has 28 heavy (non-hydrogen) atoms. The number of nitrogens with two attached hydrogens (primary N) is 1. The fraction of sp³-hybridized carbons (Fsp3) is 0.647. The van der Waals surface area contributed by atoms with E-state index >= 15 is 0 Å². The zero-order valence-corrected chi connectivity index (χ0v) is 15.9. The Morgan fingerprint density at radius 1 is 1.50 bits per heavy atom. The molecule has 2 aromatic rings. The van der Waals surface area contributed by atoms with Crippen LogP contribution in [0, 0.1) is 5.92 Å². The molecule has 1 amide bonds. The van der Waals surface area contributed by atoms with Crippen molar-refractivity contribution < 1.29 is 19.7 Å². The number of aromatic amines is 1. The van der Waals surface area contributed by atoms with Crippen LogP contribution in [-0.2, 0) is 16.0 Å². The smallest absolute Gasteiger partial charge is 0.263 e. The molecule has 3 heterocycles. The van der Waals surface area contributed by atoms with Crippen molar-refractivity contribution in [2.24, 2.45) is 11.7 Å². The number of amides is 1. The Bertz CT molecular complexity index is 907. The van der Waals surface area contributed by atoms with Gasteiger partial charge in [-0.25, -0.2) is 4.68 Å². The van der Waals surface area contributed by atoms with Gasteiger partial charge in [-0.1, -0.05) is 13.8 Å². The second kappa shape index (κ2) is 8.35. The number of rotatable bonds is 7. The first-order valence-corrected chi connectivity index (χ1v) is 9.32. The van der Waals surface area contributed by atoms with Gasteiger partial charge in [0.15, 0.2) is 11.9 Å². The summed E-state index contributed by atoms with van der Waals surface area (Å²) < 4.78 is 7.10. The molecule has 3 atom stereocenters. The van der Waals surface area contributed by atoms with Crippen LogP contribution < -0.4 is 16.6 Å². The van der Waals surface area contributed by atoms with Crippen LogP contribution >= 0.6 is 0 Å². The number of carbonyl (C=O) groups excluding carboxylic acids is 1. The second-order valence-electron chi connectivity index (χ2n) is 7.16. The van der Waals surface area contributed by atoms with E-state index in [1.807, 2.05) is 0 Å². The predicted octanol–water partition coefficient (Wildman–Crippen LogP) is -0.754. The lowest BCUT2D eigenvalue weighted by atomic mass is 10.2. The topological polar surface area (TPSA) is 168 Å². The molecule has 1 saturated heterocycles. The fourth-order valence-electron chi connectivity index (χ4n) is 3.11. The summed E-state index contributed by atoms with van der Waals surface area (Å²) >= 11 is 0. The van der Waals surface area contributed by atoms with E-state index in [9.17, 15) is 19.8 Å². The molecule has 154 valence electrons. The number of ether oxygens (including phenoxy) is 1. The van der Waals surface area contributed by atoms with Gasteiger partial charge in [-0.2, -0.15) is 10.1 Å². The molecule has 2 aromatic heterocycles. The number of hydrogen-bond donors (Lipinski definition) is 5. The van der Waals surface area contributed by atoms with E-state index in [0.29, 0.717) is 30.5 Å². The van der Waals surface area contributed by atoms with Gasteiger partial charge in [-0.05, 0) is 19.4 Å². The molecule has 0 unspecified atom stereocenters. The fourth-order valence-corrected chi connectivity index (χ4v) is 3.11. The van der Waals surface area contributed by atoms with Crippen LogP contribution in [0.5, 0.6) is 0 Å². The SMILES string of the molecule is CC(C)C(=O)Nc1nc2c(c(CCCN)nn2[C@H]2C[C@H](O)[C@@H](CO)O2)c(=O)[nH]1. The van der Waals surface area contributed by atoms with Crippen LogP contribution in [0.4, 0.5) is 5.95 Å². The number of fused-ring (bicyclic) bond motifs is 1. The zero-order chi connectivity index (χ0) is 20.4. The van der Waals surface area contributed by atoms with E-state index in [1.54, 1.807) is 13.8 Å². The average Bonchev–Trinajstić information content (AvgIpc) is 3.20. The second-order valence-corrected chi connectivity index (χ2v) is 7.16. The van der Waals surface area contributed by atoms with Gasteiger partial charge >= 0.3 is 0 Å². The Kier molecular flexibility index (Phi) is 6.08. The molecule has 11 nitrogen and oxygen atoms in total. The maximum Gasteiger partial charge on any atom is 0.263 e. The van der Waals surface area contributed by atoms with E-state index in [2.05, 4.69) is 20.4 Å². The van der Waals surface area contributed by atoms with Crippen molar-refractivity contribution in [1.29, 1.82) is 0 Å². The summed E-state index contributed by atoms with van der Waals surface area (Å²) in [4.78, 5) is 31.6. The normalized spacial score (nSPS) is 22.3. The Morgan fingerprint density at radius 2 is 2.25 bits per heavy atom. The number of aromatic nitrogens is 4. The first kappa shape index (κ1) is 20.4. The van der Waals surface area contributed by atoms with Gasteiger partial charge in [0, 0.05) is 12.3 Å². The van der Waals surface area contributed by atoms with Gasteiger partial charge in [-0.15, -0.1) is 0 Å². The van der Waals surface area contributed by atoms with Gasteiger partial charge in [0.1, 0.15) is 11.5 Å². The van der Waals surface area contributed by atoms with E-state index in [4.69, 9.17) is 10.5 Å². The summed E-state index contributed by atoms with van der Waals surface area (Å²) in [6, 6.07) is 0. The highest BCUT2D eigenvalue weighted by Gasteiger charge is 2.36. The van der Waals surface area contributed by atoms with Crippen LogP contribution in [0.3, 0.4) is 0 Å². The minimum atomic E-state index is -0.858. The number of aliphatic hydroxyl groups is 2. The molecule has 1 fully saturated rings. The summed E-state index contributed by atoms with van der Waals surface area (Å²) in [6.07, 6.45) is -0.987. The number of nitrogens with zero attached hydrogens (tertiary/aromatic N) is 3. The predicted molar refractivity (Wildman–Crippen MR) is 101 cm³/mol. The first-order chi connectivity index (χ1) is 13.3. The van der Waals surface area contributed by atoms with Crippen LogP contribution in [0.2, 0.25) is 0 Å². The molecule has 0 saturated carbocycles. The van der Waals surface area contributed by atoms with Gasteiger partial charge in [0.05, 0.1) is 18.4 Å². The third kappa shape index (κ3) is 3.92. The lowest BCUT2D eigenvalue weighted by Gasteiger charge is -2.13. The molecule has 0 bridgehead atoms. The number of aliphatic hydroxyl groups excluding tert-OH is 2. The highest BCUT2D eigenvalue weighted by Crippen LogP contribution is 2.31. The van der Waals surface area contributed by atoms with Gasteiger partial charge < -0.3 is 20.7 Å². The molecule has 0 radical (unpaired) electrons. The molecule has 1 aliphatic heterocycles. The highest BCUT2D eigenvalue weighted by molar-refractivity contribution is 5.91. The standard InChI is InChI=1S/C17H26N6O5/c1-8(2)15(26)20-17-19-14-13(16(27)21-17)9(4-3-5-18)22-23(14)12-6-10(25)11(7-24)28-12/h8,10-12,24-25H,3-7,18H2,1-2H3,(H2,19,20,21,26,27)/t10-,11+,12+/m0/s1. The summed E-state index contributed by atoms with van der Waals surface area (Å²) in [7, 11) is 0. The van der Waals surface area contributed by atoms with Crippen molar-refractivity contribution in [3.63, 3.8) is 0 Å². The van der Waals surface area contributed by atoms with Gasteiger partial charge in [0.25, 0.3) is 5.56 Å². The average molecular weight is 394 g/mol. The summed E-state index contributed by atoms with van der Waals surface area (Å²) in [5, 5.41) is 26.7. The van der Waals surface area contributed by atoms with Crippen LogP contribution in [0.25, 0.3) is 11.0 Å². The molecule has 0 aromatic carbocycles. The Labute approximate surface area is 160 Å². The van der Waals surface area contributed by atoms with E-state index in [1.165, 1.54) is 4.68 Å². The van der Waals surface area contributed by atoms with Crippen LogP contribution in [-0.4, -0.2) is 61.2 Å². The maximum atomic E-state index is 12.7. The van der Waals surface area contributed by atoms with Crippen molar-refractivity contribution >= 4 is 22.9 Å². The van der Waals surface area contributed by atoms with Gasteiger partial charge in [0.2, 0.25) is 11.9 Å². The number of anilines is 1. The van der Waals surface area contributed by atoms with Crippen molar-refractivity contribution in [2.45, 2.75) is 51.5 Å². The quantitative estimate of drug-likeness (QED) is 0.408. The van der Waals surface area contributed by atoms with Crippen molar-refractivity contribution in [3.05, 3.63) is 16.0 Å². The lowest BCUT2D eigenvalue weighted by Crippen LogP contribution is -2.24. The van der Waals surface area contributed by atoms with Gasteiger partial charge in [-0.3, -0.25) is 19.9 Å². The lowest BCUT2D eigenvalue weighted by molar-refractivity contribution is -0.118. The molecular formula is C17H26N6O5. The number of H-pyrrole nitrogens is 1. The van der Waals surface area contributed by atoms with Crippen molar-refractivity contribution in [1.82, 2.24) is 19.7 Å². The van der Waals surface area contributed by atoms with Crippen LogP contribution in [0.1, 0.15) is 38.6 Å². The third-order valence-electron chi connectivity index (χ3n) is 4.67. The Balaban J connectivity index is 2.07. The molecule has 6 N–H and O–H groups in total. The van der Waals surface area contributed by atoms with Crippen LogP contribution in [0.15, 0.2) is 4.79 Å². The largest absolute Gasteiger partial charge is 0.394 e. The minimum Gasteiger partial charge on any atom is -0.394 e. The summed E-state index contributed by atoms with van der Waals surface area (Å²) in [6.45, 7) is 3.56. The Hall–Kier alpha value is -2.34. The molecule has 3 rings (SSSR count). The molecular weight excluding hydrogens is 368 g/mol. The molecule has 1 aliphatic rings. The molecule has 11 heteroatoms. The number of nitrogens with one attached hydrogen (secondary N) is 2. The zero-order valence-electron chi connectivity index (χ0n) is 15.9. The number of carbonyl (C=O) groups is 1. The molecule has 0 aliphatic carbocycles. The highest BCUT2D eigenvalue weighted by atomic mass is 16.5. The summed E-state index contributed by atoms with van der Waals surface area (Å²) in [5.74, 6) is -0.561. The van der Waals surface area contributed by atoms with Crippen molar-refractivity contribution in [3.8, 4) is 0 Å². The minimum absolute atomic E-state index is 0.0139. The first-order valence-electron chi connectivity index (χ1n) is 9.32. The number of aryl methyl sites for hydroxylation is 1. The summed E-state index contributed by atoms with van der Waals surface area (Å²) in [5.41, 5.74) is 5.91. The molecule has 0 spiro atoms. The third-order valence-corrected chi connectivity index (χ3v) is 4.67. The van der Waals surface area contributed by atoms with E-state index in [0.717, 1.165) is 0 Å². The Morgan fingerprint density at radius 3 is 2.86 bits per heavy atom. The van der Waals surface area contributed by atoms with E-state index in [-0.39, 0.29) is 36.4 Å². The monoisotopic (exact) mass is 394 g/mol.